The molecule has 3 rings (SSSR count). The molecule has 0 aliphatic heterocycles. The number of benzene rings is 1. The van der Waals surface area contributed by atoms with E-state index in [0.29, 0.717) is 16.9 Å². The van der Waals surface area contributed by atoms with Crippen LogP contribution >= 0.6 is 11.8 Å². The second-order valence-corrected chi connectivity index (χ2v) is 9.47. The van der Waals surface area contributed by atoms with E-state index >= 15 is 0 Å². The number of carbonyl (C=O) groups is 1. The van der Waals surface area contributed by atoms with E-state index in [1.807, 2.05) is 55.4 Å². The summed E-state index contributed by atoms with van der Waals surface area (Å²) in [5.41, 5.74) is 1.64. The highest BCUT2D eigenvalue weighted by atomic mass is 32.2. The fraction of sp³-hybridized carbons (Fsp3) is 0.455. The molecule has 1 atom stereocenters. The van der Waals surface area contributed by atoms with Crippen molar-refractivity contribution in [2.75, 3.05) is 25.2 Å². The standard InChI is InChI=1S/C22H30N6O2S/c1-7-16(27(5)6)20-24-25-21(30-20)31-14-19(29)23-18-13-17(22(2,3)4)26-28(18)15-11-9-8-10-12-15/h8-13,16H,7,14H2,1-6H3,(H,23,29)/t16-/m0/s1. The Balaban J connectivity index is 1.71. The van der Waals surface area contributed by atoms with Crippen LogP contribution in [0.3, 0.4) is 0 Å². The highest BCUT2D eigenvalue weighted by Crippen LogP contribution is 2.27. The first kappa shape index (κ1) is 23.0. The Morgan fingerprint density at radius 3 is 2.55 bits per heavy atom. The molecule has 0 fully saturated rings. The summed E-state index contributed by atoms with van der Waals surface area (Å²) in [6.45, 7) is 8.35. The molecule has 0 unspecified atom stereocenters. The van der Waals surface area contributed by atoms with Crippen molar-refractivity contribution in [1.29, 1.82) is 0 Å². The summed E-state index contributed by atoms with van der Waals surface area (Å²) in [7, 11) is 3.95. The third-order valence-corrected chi connectivity index (χ3v) is 5.61. The zero-order chi connectivity index (χ0) is 22.6. The van der Waals surface area contributed by atoms with E-state index in [1.165, 1.54) is 11.8 Å². The van der Waals surface area contributed by atoms with Gasteiger partial charge in [-0.3, -0.25) is 9.69 Å². The van der Waals surface area contributed by atoms with Gasteiger partial charge in [-0.15, -0.1) is 10.2 Å². The molecule has 0 aliphatic rings. The van der Waals surface area contributed by atoms with Gasteiger partial charge in [0.05, 0.1) is 23.2 Å². The van der Waals surface area contributed by atoms with Crippen molar-refractivity contribution >= 4 is 23.5 Å². The largest absolute Gasteiger partial charge is 0.414 e. The van der Waals surface area contributed by atoms with Gasteiger partial charge in [-0.1, -0.05) is 57.7 Å². The molecule has 166 valence electrons. The van der Waals surface area contributed by atoms with Crippen molar-refractivity contribution in [3.63, 3.8) is 0 Å². The van der Waals surface area contributed by atoms with Crippen molar-refractivity contribution in [2.24, 2.45) is 0 Å². The topological polar surface area (TPSA) is 89.1 Å². The maximum absolute atomic E-state index is 12.7. The Morgan fingerprint density at radius 2 is 1.94 bits per heavy atom. The molecule has 0 aliphatic carbocycles. The summed E-state index contributed by atoms with van der Waals surface area (Å²) in [6.07, 6.45) is 0.860. The molecule has 0 bridgehead atoms. The highest BCUT2D eigenvalue weighted by Gasteiger charge is 2.22. The van der Waals surface area contributed by atoms with Crippen LogP contribution in [0, 0.1) is 0 Å². The molecule has 1 aromatic carbocycles. The predicted molar refractivity (Wildman–Crippen MR) is 123 cm³/mol. The zero-order valence-corrected chi connectivity index (χ0v) is 19.7. The van der Waals surface area contributed by atoms with Crippen LogP contribution in [0.1, 0.15) is 51.7 Å². The van der Waals surface area contributed by atoms with Gasteiger partial charge in [0.25, 0.3) is 5.22 Å². The van der Waals surface area contributed by atoms with Gasteiger partial charge in [-0.25, -0.2) is 4.68 Å². The lowest BCUT2D eigenvalue weighted by molar-refractivity contribution is -0.113. The number of carbonyl (C=O) groups excluding carboxylic acids is 1. The lowest BCUT2D eigenvalue weighted by atomic mass is 9.92. The Kier molecular flexibility index (Phi) is 7.17. The van der Waals surface area contributed by atoms with Gasteiger partial charge in [0.15, 0.2) is 0 Å². The van der Waals surface area contributed by atoms with Gasteiger partial charge in [0, 0.05) is 11.5 Å². The molecule has 1 N–H and O–H groups in total. The molecule has 2 aromatic heterocycles. The summed E-state index contributed by atoms with van der Waals surface area (Å²) >= 11 is 1.22. The fourth-order valence-electron chi connectivity index (χ4n) is 3.08. The lowest BCUT2D eigenvalue weighted by Crippen LogP contribution is -2.19. The summed E-state index contributed by atoms with van der Waals surface area (Å²) in [5, 5.41) is 16.3. The van der Waals surface area contributed by atoms with E-state index in [-0.39, 0.29) is 23.1 Å². The average Bonchev–Trinajstić information content (AvgIpc) is 3.35. The number of rotatable bonds is 8. The van der Waals surface area contributed by atoms with Crippen molar-refractivity contribution in [3.8, 4) is 5.69 Å². The van der Waals surface area contributed by atoms with E-state index in [9.17, 15) is 4.79 Å². The fourth-order valence-corrected chi connectivity index (χ4v) is 3.65. The van der Waals surface area contributed by atoms with Crippen molar-refractivity contribution in [1.82, 2.24) is 24.9 Å². The van der Waals surface area contributed by atoms with Crippen LogP contribution < -0.4 is 5.32 Å². The number of nitrogens with one attached hydrogen (secondary N) is 1. The molecule has 0 saturated heterocycles. The second kappa shape index (κ2) is 9.65. The van der Waals surface area contributed by atoms with Crippen LogP contribution in [-0.4, -0.2) is 50.6 Å². The van der Waals surface area contributed by atoms with Crippen molar-refractivity contribution < 1.29 is 9.21 Å². The number of anilines is 1. The van der Waals surface area contributed by atoms with Crippen LogP contribution in [0.5, 0.6) is 0 Å². The van der Waals surface area contributed by atoms with E-state index in [1.54, 1.807) is 4.68 Å². The minimum atomic E-state index is -0.165. The monoisotopic (exact) mass is 442 g/mol. The van der Waals surface area contributed by atoms with E-state index in [2.05, 4.69) is 43.2 Å². The summed E-state index contributed by atoms with van der Waals surface area (Å²) in [6, 6.07) is 11.7. The van der Waals surface area contributed by atoms with Gasteiger partial charge in [-0.2, -0.15) is 5.10 Å². The molecule has 1 amide bonds. The Labute approximate surface area is 187 Å². The molecule has 31 heavy (non-hydrogen) atoms. The third-order valence-electron chi connectivity index (χ3n) is 4.79. The molecule has 9 heteroatoms. The Morgan fingerprint density at radius 1 is 1.23 bits per heavy atom. The second-order valence-electron chi connectivity index (χ2n) is 8.54. The highest BCUT2D eigenvalue weighted by molar-refractivity contribution is 7.99. The zero-order valence-electron chi connectivity index (χ0n) is 18.9. The van der Waals surface area contributed by atoms with E-state index < -0.39 is 0 Å². The van der Waals surface area contributed by atoms with Gasteiger partial charge >= 0.3 is 0 Å². The number of para-hydroxylation sites is 1. The van der Waals surface area contributed by atoms with E-state index in [4.69, 9.17) is 9.52 Å². The Bertz CT molecular complexity index is 1010. The van der Waals surface area contributed by atoms with Crippen LogP contribution in [-0.2, 0) is 10.2 Å². The first-order chi connectivity index (χ1) is 14.7. The minimum Gasteiger partial charge on any atom is -0.414 e. The Hall–Kier alpha value is -2.65. The van der Waals surface area contributed by atoms with Crippen LogP contribution in [0.25, 0.3) is 5.69 Å². The first-order valence-corrected chi connectivity index (χ1v) is 11.3. The van der Waals surface area contributed by atoms with Crippen LogP contribution in [0.15, 0.2) is 46.0 Å². The predicted octanol–water partition coefficient (Wildman–Crippen LogP) is 4.30. The number of amides is 1. The van der Waals surface area contributed by atoms with Crippen LogP contribution in [0.2, 0.25) is 0 Å². The van der Waals surface area contributed by atoms with Gasteiger partial charge < -0.3 is 9.73 Å². The first-order valence-electron chi connectivity index (χ1n) is 10.3. The lowest BCUT2D eigenvalue weighted by Gasteiger charge is -2.18. The number of hydrogen-bond acceptors (Lipinski definition) is 7. The molecule has 2 heterocycles. The number of hydrogen-bond donors (Lipinski definition) is 1. The minimum absolute atomic E-state index is 0.0618. The molecule has 3 aromatic rings. The van der Waals surface area contributed by atoms with Gasteiger partial charge in [0.2, 0.25) is 11.8 Å². The number of thioether (sulfide) groups is 1. The smallest absolute Gasteiger partial charge is 0.277 e. The molecular formula is C22H30N6O2S. The molecule has 0 spiro atoms. The summed E-state index contributed by atoms with van der Waals surface area (Å²) < 4.78 is 7.50. The average molecular weight is 443 g/mol. The van der Waals surface area contributed by atoms with E-state index in [0.717, 1.165) is 17.8 Å². The number of aromatic nitrogens is 4. The van der Waals surface area contributed by atoms with Crippen molar-refractivity contribution in [2.45, 2.75) is 50.8 Å². The third kappa shape index (κ3) is 5.74. The summed E-state index contributed by atoms with van der Waals surface area (Å²) in [5.74, 6) is 1.19. The maximum atomic E-state index is 12.7. The SMILES string of the molecule is CC[C@@H](c1nnc(SCC(=O)Nc2cc(C(C)(C)C)nn2-c2ccccc2)o1)N(C)C. The van der Waals surface area contributed by atoms with Gasteiger partial charge in [0.1, 0.15) is 5.82 Å². The number of nitrogens with zero attached hydrogens (tertiary/aromatic N) is 5. The molecular weight excluding hydrogens is 412 g/mol. The normalized spacial score (nSPS) is 12.9. The summed E-state index contributed by atoms with van der Waals surface area (Å²) in [4.78, 5) is 14.7. The van der Waals surface area contributed by atoms with Crippen LogP contribution in [0.4, 0.5) is 5.82 Å². The quantitative estimate of drug-likeness (QED) is 0.520. The van der Waals surface area contributed by atoms with Gasteiger partial charge in [-0.05, 0) is 32.6 Å². The van der Waals surface area contributed by atoms with Crippen molar-refractivity contribution in [3.05, 3.63) is 48.0 Å². The molecule has 0 radical (unpaired) electrons. The molecule has 8 nitrogen and oxygen atoms in total. The molecule has 0 saturated carbocycles. The maximum Gasteiger partial charge on any atom is 0.277 e.